The summed E-state index contributed by atoms with van der Waals surface area (Å²) in [6.45, 7) is 2.87. The number of nitrogens with zero attached hydrogens (tertiary/aromatic N) is 1. The van der Waals surface area contributed by atoms with E-state index in [0.717, 1.165) is 12.1 Å². The van der Waals surface area contributed by atoms with Crippen molar-refractivity contribution in [2.45, 2.75) is 25.9 Å². The topological polar surface area (TPSA) is 20.3 Å². The van der Waals surface area contributed by atoms with E-state index < -0.39 is 5.24 Å². The molecule has 0 amide bonds. The van der Waals surface area contributed by atoms with Gasteiger partial charge in [0, 0.05) is 12.2 Å². The summed E-state index contributed by atoms with van der Waals surface area (Å²) in [6, 6.07) is 28.4. The van der Waals surface area contributed by atoms with Gasteiger partial charge >= 0.3 is 0 Å². The van der Waals surface area contributed by atoms with Gasteiger partial charge in [0.2, 0.25) is 0 Å². The Morgan fingerprint density at radius 3 is 2.08 bits per heavy atom. The van der Waals surface area contributed by atoms with Crippen molar-refractivity contribution < 1.29 is 4.79 Å². The van der Waals surface area contributed by atoms with E-state index in [0.29, 0.717) is 12.1 Å². The lowest BCUT2D eigenvalue weighted by Gasteiger charge is -2.35. The lowest BCUT2D eigenvalue weighted by atomic mass is 9.99. The zero-order valence-electron chi connectivity index (χ0n) is 14.8. The zero-order valence-corrected chi connectivity index (χ0v) is 15.6. The predicted molar refractivity (Wildman–Crippen MR) is 109 cm³/mol. The highest BCUT2D eigenvalue weighted by molar-refractivity contribution is 6.68. The van der Waals surface area contributed by atoms with Crippen LogP contribution >= 0.6 is 11.6 Å². The van der Waals surface area contributed by atoms with Gasteiger partial charge in [-0.05, 0) is 41.3 Å². The van der Waals surface area contributed by atoms with Gasteiger partial charge in [-0.1, -0.05) is 79.7 Å². The van der Waals surface area contributed by atoms with Crippen LogP contribution in [0.5, 0.6) is 0 Å². The first kappa shape index (κ1) is 18.2. The van der Waals surface area contributed by atoms with E-state index >= 15 is 0 Å². The molecule has 132 valence electrons. The van der Waals surface area contributed by atoms with Gasteiger partial charge in [-0.15, -0.1) is 0 Å². The van der Waals surface area contributed by atoms with E-state index in [4.69, 9.17) is 11.6 Å². The molecule has 3 aromatic carbocycles. The second-order valence-corrected chi connectivity index (χ2v) is 6.58. The zero-order chi connectivity index (χ0) is 18.4. The Hall–Kier alpha value is -2.58. The van der Waals surface area contributed by atoms with Crippen molar-refractivity contribution in [3.63, 3.8) is 0 Å². The standard InChI is InChI=1S/C23H22ClNO/c1-2-21(19-13-7-4-8-14-19)25(17-18-11-5-3-6-12-18)22-16-10-9-15-20(22)23(24)26/h3-16,21H,2,17H2,1H3. The van der Waals surface area contributed by atoms with E-state index in [9.17, 15) is 4.79 Å². The van der Waals surface area contributed by atoms with Crippen LogP contribution in [-0.2, 0) is 6.54 Å². The third kappa shape index (κ3) is 4.14. The van der Waals surface area contributed by atoms with Gasteiger partial charge in [-0.2, -0.15) is 0 Å². The van der Waals surface area contributed by atoms with Crippen LogP contribution in [0.15, 0.2) is 84.9 Å². The number of halogens is 1. The maximum absolute atomic E-state index is 12.0. The number of carbonyl (C=O) groups is 1. The molecule has 2 nitrogen and oxygen atoms in total. The second kappa shape index (κ2) is 8.68. The Labute approximate surface area is 160 Å². The molecule has 0 bridgehead atoms. The molecule has 0 spiro atoms. The van der Waals surface area contributed by atoms with Crippen LogP contribution in [0.3, 0.4) is 0 Å². The highest BCUT2D eigenvalue weighted by atomic mass is 35.5. The van der Waals surface area contributed by atoms with Gasteiger partial charge in [0.05, 0.1) is 11.6 Å². The van der Waals surface area contributed by atoms with Crippen LogP contribution < -0.4 is 4.90 Å². The molecule has 0 heterocycles. The number of anilines is 1. The van der Waals surface area contributed by atoms with Crippen LogP contribution in [-0.4, -0.2) is 5.24 Å². The fourth-order valence-corrected chi connectivity index (χ4v) is 3.50. The Morgan fingerprint density at radius 2 is 1.46 bits per heavy atom. The minimum Gasteiger partial charge on any atom is -0.360 e. The largest absolute Gasteiger partial charge is 0.360 e. The van der Waals surface area contributed by atoms with E-state index in [1.165, 1.54) is 11.1 Å². The molecule has 0 saturated carbocycles. The summed E-state index contributed by atoms with van der Waals surface area (Å²) in [5.74, 6) is 0. The third-order valence-electron chi connectivity index (χ3n) is 4.57. The summed E-state index contributed by atoms with van der Waals surface area (Å²) in [5, 5.41) is -0.429. The first-order valence-electron chi connectivity index (χ1n) is 8.85. The molecule has 3 rings (SSSR count). The molecule has 0 radical (unpaired) electrons. The summed E-state index contributed by atoms with van der Waals surface area (Å²) in [4.78, 5) is 14.3. The van der Waals surface area contributed by atoms with Crippen molar-refractivity contribution in [1.29, 1.82) is 0 Å². The summed E-state index contributed by atoms with van der Waals surface area (Å²) in [7, 11) is 0. The number of carbonyl (C=O) groups excluding carboxylic acids is 1. The molecule has 1 atom stereocenters. The maximum Gasteiger partial charge on any atom is 0.254 e. The van der Waals surface area contributed by atoms with Gasteiger partial charge < -0.3 is 4.90 Å². The average Bonchev–Trinajstić information content (AvgIpc) is 2.69. The minimum atomic E-state index is -0.429. The third-order valence-corrected chi connectivity index (χ3v) is 4.77. The molecule has 0 aromatic heterocycles. The van der Waals surface area contributed by atoms with Crippen LogP contribution in [0.25, 0.3) is 0 Å². The summed E-state index contributed by atoms with van der Waals surface area (Å²) in [6.07, 6.45) is 0.918. The molecular weight excluding hydrogens is 342 g/mol. The molecule has 0 aliphatic rings. The van der Waals surface area contributed by atoms with Gasteiger partial charge in [0.25, 0.3) is 5.24 Å². The fourth-order valence-electron chi connectivity index (χ4n) is 3.34. The number of rotatable bonds is 7. The van der Waals surface area contributed by atoms with Crippen LogP contribution in [0.2, 0.25) is 0 Å². The first-order chi connectivity index (χ1) is 12.7. The van der Waals surface area contributed by atoms with Gasteiger partial charge in [0.15, 0.2) is 0 Å². The summed E-state index contributed by atoms with van der Waals surface area (Å²) >= 11 is 5.88. The van der Waals surface area contributed by atoms with Gasteiger partial charge in [-0.3, -0.25) is 4.79 Å². The van der Waals surface area contributed by atoms with Crippen LogP contribution in [0.4, 0.5) is 5.69 Å². The van der Waals surface area contributed by atoms with Crippen molar-refractivity contribution >= 4 is 22.5 Å². The molecule has 0 saturated heterocycles. The predicted octanol–water partition coefficient (Wildman–Crippen LogP) is 6.22. The Morgan fingerprint density at radius 1 is 0.885 bits per heavy atom. The van der Waals surface area contributed by atoms with E-state index in [-0.39, 0.29) is 6.04 Å². The number of para-hydroxylation sites is 1. The molecule has 3 aromatic rings. The smallest absolute Gasteiger partial charge is 0.254 e. The van der Waals surface area contributed by atoms with Crippen molar-refractivity contribution in [3.8, 4) is 0 Å². The van der Waals surface area contributed by atoms with Gasteiger partial charge in [0.1, 0.15) is 0 Å². The van der Waals surface area contributed by atoms with Crippen molar-refractivity contribution in [3.05, 3.63) is 102 Å². The highest BCUT2D eigenvalue weighted by Crippen LogP contribution is 2.34. The van der Waals surface area contributed by atoms with Crippen molar-refractivity contribution in [1.82, 2.24) is 0 Å². The first-order valence-corrected chi connectivity index (χ1v) is 9.23. The molecule has 3 heteroatoms. The Bertz CT molecular complexity index is 848. The highest BCUT2D eigenvalue weighted by Gasteiger charge is 2.23. The van der Waals surface area contributed by atoms with E-state index in [1.807, 2.05) is 42.5 Å². The molecule has 26 heavy (non-hydrogen) atoms. The fraction of sp³-hybridized carbons (Fsp3) is 0.174. The monoisotopic (exact) mass is 363 g/mol. The lowest BCUT2D eigenvalue weighted by molar-refractivity contribution is 0.108. The van der Waals surface area contributed by atoms with E-state index in [2.05, 4.69) is 48.2 Å². The molecule has 0 N–H and O–H groups in total. The van der Waals surface area contributed by atoms with E-state index in [1.54, 1.807) is 6.07 Å². The SMILES string of the molecule is CCC(c1ccccc1)N(Cc1ccccc1)c1ccccc1C(=O)Cl. The molecule has 0 aliphatic carbocycles. The molecule has 0 aliphatic heterocycles. The second-order valence-electron chi connectivity index (χ2n) is 6.24. The molecule has 1 unspecified atom stereocenters. The molecule has 0 fully saturated rings. The normalized spacial score (nSPS) is 11.8. The Kier molecular flexibility index (Phi) is 6.08. The minimum absolute atomic E-state index is 0.147. The Balaban J connectivity index is 2.09. The van der Waals surface area contributed by atoms with Gasteiger partial charge in [-0.25, -0.2) is 0 Å². The average molecular weight is 364 g/mol. The maximum atomic E-state index is 12.0. The number of benzene rings is 3. The number of hydrogen-bond acceptors (Lipinski definition) is 2. The van der Waals surface area contributed by atoms with Crippen LogP contribution in [0, 0.1) is 0 Å². The van der Waals surface area contributed by atoms with Crippen molar-refractivity contribution in [2.24, 2.45) is 0 Å². The quantitative estimate of drug-likeness (QED) is 0.464. The van der Waals surface area contributed by atoms with Crippen LogP contribution in [0.1, 0.15) is 40.9 Å². The summed E-state index contributed by atoms with van der Waals surface area (Å²) in [5.41, 5.74) is 3.83. The summed E-state index contributed by atoms with van der Waals surface area (Å²) < 4.78 is 0. The number of hydrogen-bond donors (Lipinski definition) is 0. The van der Waals surface area contributed by atoms with Crippen molar-refractivity contribution in [2.75, 3.05) is 4.90 Å². The molecular formula is C23H22ClNO. The lowest BCUT2D eigenvalue weighted by Crippen LogP contribution is -2.29.